The zero-order valence-electron chi connectivity index (χ0n) is 16.9. The number of aromatic nitrogens is 2. The van der Waals surface area contributed by atoms with Crippen molar-refractivity contribution >= 4 is 17.5 Å². The molecule has 5 nitrogen and oxygen atoms in total. The molecule has 0 atom stereocenters. The van der Waals surface area contributed by atoms with Crippen molar-refractivity contribution in [3.8, 4) is 0 Å². The van der Waals surface area contributed by atoms with E-state index in [1.54, 1.807) is 6.07 Å². The fourth-order valence-electron chi connectivity index (χ4n) is 3.15. The zero-order valence-corrected chi connectivity index (χ0v) is 16.9. The summed E-state index contributed by atoms with van der Waals surface area (Å²) < 4.78 is 0. The molecule has 0 spiro atoms. The Morgan fingerprint density at radius 3 is 2.50 bits per heavy atom. The number of nitrogens with zero attached hydrogens (tertiary/aromatic N) is 3. The quantitative estimate of drug-likeness (QED) is 0.688. The van der Waals surface area contributed by atoms with E-state index >= 15 is 0 Å². The topological polar surface area (TPSA) is 58.1 Å². The molecule has 0 bridgehead atoms. The number of aryl methyl sites for hydroxylation is 3. The first-order valence-corrected chi connectivity index (χ1v) is 9.48. The molecule has 1 N–H and O–H groups in total. The maximum Gasteiger partial charge on any atom is 0.274 e. The van der Waals surface area contributed by atoms with Gasteiger partial charge in [0.1, 0.15) is 5.69 Å². The summed E-state index contributed by atoms with van der Waals surface area (Å²) >= 11 is 0. The Bertz CT molecular complexity index is 970. The fourth-order valence-corrected chi connectivity index (χ4v) is 3.15. The number of para-hydroxylation sites is 1. The Balaban J connectivity index is 1.84. The fraction of sp³-hybridized carbons (Fsp3) is 0.261. The van der Waals surface area contributed by atoms with E-state index in [1.807, 2.05) is 62.2 Å². The van der Waals surface area contributed by atoms with E-state index in [9.17, 15) is 4.79 Å². The molecule has 0 aliphatic rings. The van der Waals surface area contributed by atoms with Gasteiger partial charge in [0.05, 0.1) is 0 Å². The van der Waals surface area contributed by atoms with Gasteiger partial charge in [0.25, 0.3) is 5.91 Å². The molecule has 3 aromatic rings. The molecule has 0 fully saturated rings. The van der Waals surface area contributed by atoms with Crippen molar-refractivity contribution in [2.75, 3.05) is 17.3 Å². The third-order valence-electron chi connectivity index (χ3n) is 4.66. The number of rotatable bonds is 6. The van der Waals surface area contributed by atoms with Crippen LogP contribution in [0.25, 0.3) is 0 Å². The number of hydrogen-bond acceptors (Lipinski definition) is 4. The number of hydrogen-bond donors (Lipinski definition) is 1. The molecule has 144 valence electrons. The van der Waals surface area contributed by atoms with Gasteiger partial charge in [-0.15, -0.1) is 0 Å². The summed E-state index contributed by atoms with van der Waals surface area (Å²) in [6, 6.07) is 17.9. The maximum atomic E-state index is 12.9. The van der Waals surface area contributed by atoms with Crippen LogP contribution in [-0.4, -0.2) is 22.9 Å². The minimum Gasteiger partial charge on any atom is -0.340 e. The number of amides is 1. The van der Waals surface area contributed by atoms with Crippen LogP contribution in [0.2, 0.25) is 0 Å². The van der Waals surface area contributed by atoms with Gasteiger partial charge in [-0.05, 0) is 43.0 Å². The highest BCUT2D eigenvalue weighted by atomic mass is 16.1. The van der Waals surface area contributed by atoms with Gasteiger partial charge in [-0.3, -0.25) is 4.79 Å². The Morgan fingerprint density at radius 1 is 1.04 bits per heavy atom. The van der Waals surface area contributed by atoms with Gasteiger partial charge in [0, 0.05) is 25.0 Å². The molecular formula is C23H26N4O. The Hall–Kier alpha value is -3.21. The van der Waals surface area contributed by atoms with Gasteiger partial charge < -0.3 is 10.2 Å². The van der Waals surface area contributed by atoms with Gasteiger partial charge in [-0.2, -0.15) is 0 Å². The van der Waals surface area contributed by atoms with Crippen molar-refractivity contribution in [2.24, 2.45) is 0 Å². The van der Waals surface area contributed by atoms with Crippen LogP contribution in [0.3, 0.4) is 0 Å². The molecule has 0 aliphatic heterocycles. The summed E-state index contributed by atoms with van der Waals surface area (Å²) in [7, 11) is 1.93. The average Bonchev–Trinajstić information content (AvgIpc) is 2.69. The summed E-state index contributed by atoms with van der Waals surface area (Å²) in [5.74, 6) is 0.318. The molecule has 2 aromatic carbocycles. The lowest BCUT2D eigenvalue weighted by Gasteiger charge is -2.18. The molecule has 1 aromatic heterocycles. The molecule has 0 unspecified atom stereocenters. The van der Waals surface area contributed by atoms with E-state index in [0.29, 0.717) is 18.2 Å². The van der Waals surface area contributed by atoms with Crippen LogP contribution in [0.1, 0.15) is 39.8 Å². The molecule has 0 aliphatic carbocycles. The second kappa shape index (κ2) is 8.65. The largest absolute Gasteiger partial charge is 0.340 e. The first-order chi connectivity index (χ1) is 13.5. The van der Waals surface area contributed by atoms with Crippen LogP contribution in [0.15, 0.2) is 54.6 Å². The maximum absolute atomic E-state index is 12.9. The van der Waals surface area contributed by atoms with Crippen LogP contribution in [0, 0.1) is 13.8 Å². The van der Waals surface area contributed by atoms with E-state index in [0.717, 1.165) is 34.5 Å². The lowest BCUT2D eigenvalue weighted by molar-refractivity contribution is 0.102. The predicted octanol–water partition coefficient (Wildman–Crippen LogP) is 4.54. The highest BCUT2D eigenvalue weighted by molar-refractivity contribution is 6.04. The van der Waals surface area contributed by atoms with Gasteiger partial charge in [0.15, 0.2) is 0 Å². The second-order valence-electron chi connectivity index (χ2n) is 6.95. The van der Waals surface area contributed by atoms with Crippen LogP contribution in [-0.2, 0) is 13.0 Å². The first-order valence-electron chi connectivity index (χ1n) is 9.48. The van der Waals surface area contributed by atoms with E-state index in [2.05, 4.69) is 34.3 Å². The van der Waals surface area contributed by atoms with Crippen LogP contribution in [0.5, 0.6) is 0 Å². The molecule has 0 radical (unpaired) electrons. The van der Waals surface area contributed by atoms with Crippen molar-refractivity contribution in [3.05, 3.63) is 82.7 Å². The number of anilines is 2. The Labute approximate surface area is 166 Å². The van der Waals surface area contributed by atoms with Crippen LogP contribution in [0.4, 0.5) is 11.6 Å². The van der Waals surface area contributed by atoms with Crippen LogP contribution < -0.4 is 10.2 Å². The molecule has 3 rings (SSSR count). The normalized spacial score (nSPS) is 10.6. The number of benzene rings is 2. The minimum absolute atomic E-state index is 0.219. The van der Waals surface area contributed by atoms with Gasteiger partial charge in [0.2, 0.25) is 5.95 Å². The van der Waals surface area contributed by atoms with Gasteiger partial charge in [-0.25, -0.2) is 9.97 Å². The number of nitrogens with one attached hydrogen (secondary N) is 1. The number of carbonyl (C=O) groups excluding carboxylic acids is 1. The highest BCUT2D eigenvalue weighted by Gasteiger charge is 2.15. The van der Waals surface area contributed by atoms with E-state index in [1.165, 1.54) is 0 Å². The van der Waals surface area contributed by atoms with Gasteiger partial charge in [-0.1, -0.05) is 55.5 Å². The van der Waals surface area contributed by atoms with Crippen molar-refractivity contribution < 1.29 is 4.79 Å². The molecule has 28 heavy (non-hydrogen) atoms. The molecule has 0 saturated carbocycles. The summed E-state index contributed by atoms with van der Waals surface area (Å²) in [6.45, 7) is 6.63. The molecule has 1 heterocycles. The Morgan fingerprint density at radius 2 is 1.79 bits per heavy atom. The zero-order chi connectivity index (χ0) is 20.1. The molecular weight excluding hydrogens is 348 g/mol. The third kappa shape index (κ3) is 4.55. The monoisotopic (exact) mass is 374 g/mol. The molecule has 1 amide bonds. The SMILES string of the molecule is CCc1cccc(C)c1NC(=O)c1cc(C)nc(N(C)Cc2ccccc2)n1. The number of carbonyl (C=O) groups is 1. The van der Waals surface area contributed by atoms with E-state index in [-0.39, 0.29) is 5.91 Å². The lowest BCUT2D eigenvalue weighted by Crippen LogP contribution is -2.22. The van der Waals surface area contributed by atoms with Crippen molar-refractivity contribution in [1.29, 1.82) is 0 Å². The van der Waals surface area contributed by atoms with Crippen molar-refractivity contribution in [2.45, 2.75) is 33.7 Å². The van der Waals surface area contributed by atoms with Crippen molar-refractivity contribution in [3.63, 3.8) is 0 Å². The smallest absolute Gasteiger partial charge is 0.274 e. The van der Waals surface area contributed by atoms with Crippen LogP contribution >= 0.6 is 0 Å². The molecule has 5 heteroatoms. The molecule has 0 saturated heterocycles. The van der Waals surface area contributed by atoms with Gasteiger partial charge >= 0.3 is 0 Å². The Kier molecular flexibility index (Phi) is 6.04. The summed E-state index contributed by atoms with van der Waals surface area (Å²) in [6.07, 6.45) is 0.852. The highest BCUT2D eigenvalue weighted by Crippen LogP contribution is 2.22. The second-order valence-corrected chi connectivity index (χ2v) is 6.95. The minimum atomic E-state index is -0.219. The summed E-state index contributed by atoms with van der Waals surface area (Å²) in [4.78, 5) is 23.9. The van der Waals surface area contributed by atoms with E-state index < -0.39 is 0 Å². The van der Waals surface area contributed by atoms with E-state index in [4.69, 9.17) is 0 Å². The van der Waals surface area contributed by atoms with Crippen molar-refractivity contribution in [1.82, 2.24) is 9.97 Å². The average molecular weight is 374 g/mol. The first kappa shape index (κ1) is 19.5. The summed E-state index contributed by atoms with van der Waals surface area (Å²) in [5, 5.41) is 3.04. The summed E-state index contributed by atoms with van der Waals surface area (Å²) in [5.41, 5.74) is 5.31. The lowest BCUT2D eigenvalue weighted by atomic mass is 10.1. The standard InChI is InChI=1S/C23H26N4O/c1-5-19-13-9-10-16(2)21(19)26-22(28)20-14-17(3)24-23(25-20)27(4)15-18-11-7-6-8-12-18/h6-14H,5,15H2,1-4H3,(H,26,28). The third-order valence-corrected chi connectivity index (χ3v) is 4.66. The predicted molar refractivity (Wildman–Crippen MR) is 114 cm³/mol.